The Bertz CT molecular complexity index is 1430. The fourth-order valence-corrected chi connectivity index (χ4v) is 4.73. The summed E-state index contributed by atoms with van der Waals surface area (Å²) in [5.74, 6) is -3.85. The summed E-state index contributed by atoms with van der Waals surface area (Å²) in [5.41, 5.74) is 7.19. The van der Waals surface area contributed by atoms with E-state index in [1.807, 2.05) is 0 Å². The highest BCUT2D eigenvalue weighted by molar-refractivity contribution is 5.96. The lowest BCUT2D eigenvalue weighted by molar-refractivity contribution is -0.124. The number of hydrogen-bond acceptors (Lipinski definition) is 8. The van der Waals surface area contributed by atoms with Gasteiger partial charge < -0.3 is 35.9 Å². The fourth-order valence-electron chi connectivity index (χ4n) is 4.73. The Balaban J connectivity index is 1.38. The van der Waals surface area contributed by atoms with Crippen molar-refractivity contribution in [3.63, 3.8) is 0 Å². The Morgan fingerprint density at radius 1 is 1.02 bits per heavy atom. The first-order valence-corrected chi connectivity index (χ1v) is 14.0. The molecule has 46 heavy (non-hydrogen) atoms. The highest BCUT2D eigenvalue weighted by Crippen LogP contribution is 2.31. The quantitative estimate of drug-likeness (QED) is 0.228. The Labute approximate surface area is 259 Å². The summed E-state index contributed by atoms with van der Waals surface area (Å²) in [5, 5.41) is 7.16. The lowest BCUT2D eigenvalue weighted by atomic mass is 9.85. The average molecular weight is 656 g/mol. The third-order valence-corrected chi connectivity index (χ3v) is 7.05. The van der Waals surface area contributed by atoms with E-state index in [1.54, 1.807) is 12.2 Å². The number of nitrogens with one attached hydrogen (secondary N) is 3. The number of anilines is 1. The van der Waals surface area contributed by atoms with Gasteiger partial charge in [0.1, 0.15) is 43.2 Å². The Hall–Kier alpha value is -4.41. The van der Waals surface area contributed by atoms with Gasteiger partial charge in [0.2, 0.25) is 5.91 Å². The van der Waals surface area contributed by atoms with Crippen LogP contribution in [0.15, 0.2) is 60.9 Å². The second-order valence-electron chi connectivity index (χ2n) is 10.4. The van der Waals surface area contributed by atoms with Gasteiger partial charge >= 0.3 is 12.3 Å². The Morgan fingerprint density at radius 2 is 1.63 bits per heavy atom. The SMILES string of the molecule is C[C@H]1O[C@H](COc2c(F)cncc2NC(=O)[C@@H](N)C(c2ccc(F)cc2)c2ccc(F)cc2)CN[C@@H]1COC(=O)NCC(F)(F)F. The van der Waals surface area contributed by atoms with E-state index in [4.69, 9.17) is 19.9 Å². The van der Waals surface area contributed by atoms with Gasteiger partial charge in [-0.2, -0.15) is 13.2 Å². The molecule has 3 aromatic rings. The summed E-state index contributed by atoms with van der Waals surface area (Å²) in [6.07, 6.45) is -4.98. The summed E-state index contributed by atoms with van der Waals surface area (Å²) < 4.78 is 95.2. The number of halogens is 6. The Kier molecular flexibility index (Phi) is 11.4. The molecule has 0 aliphatic carbocycles. The number of morpholine rings is 1. The van der Waals surface area contributed by atoms with Gasteiger partial charge in [0.25, 0.3) is 0 Å². The molecule has 2 aromatic carbocycles. The number of amides is 2. The topological polar surface area (TPSA) is 137 Å². The predicted octanol–water partition coefficient (Wildman–Crippen LogP) is 4.01. The third-order valence-electron chi connectivity index (χ3n) is 7.05. The van der Waals surface area contributed by atoms with Gasteiger partial charge in [-0.3, -0.25) is 9.78 Å². The first-order valence-electron chi connectivity index (χ1n) is 14.0. The number of pyridine rings is 1. The van der Waals surface area contributed by atoms with E-state index in [0.29, 0.717) is 11.1 Å². The zero-order chi connectivity index (χ0) is 33.4. The lowest BCUT2D eigenvalue weighted by Crippen LogP contribution is -2.55. The summed E-state index contributed by atoms with van der Waals surface area (Å²) in [6.45, 7) is -0.206. The molecule has 1 fully saturated rings. The number of ether oxygens (including phenoxy) is 3. The van der Waals surface area contributed by atoms with Gasteiger partial charge in [0.05, 0.1) is 30.6 Å². The molecule has 2 heterocycles. The lowest BCUT2D eigenvalue weighted by Gasteiger charge is -2.35. The highest BCUT2D eigenvalue weighted by Gasteiger charge is 2.32. The molecule has 10 nitrogen and oxygen atoms in total. The zero-order valence-corrected chi connectivity index (χ0v) is 24.3. The maximum Gasteiger partial charge on any atom is 0.407 e. The van der Waals surface area contributed by atoms with Gasteiger partial charge in [-0.05, 0) is 42.3 Å². The van der Waals surface area contributed by atoms with Crippen LogP contribution in [0.1, 0.15) is 24.0 Å². The second kappa shape index (κ2) is 15.2. The minimum absolute atomic E-state index is 0.134. The molecule has 0 bridgehead atoms. The zero-order valence-electron chi connectivity index (χ0n) is 24.3. The molecule has 5 N–H and O–H groups in total. The number of nitrogens with zero attached hydrogens (tertiary/aromatic N) is 1. The average Bonchev–Trinajstić information content (AvgIpc) is 3.01. The molecule has 1 aliphatic rings. The van der Waals surface area contributed by atoms with Crippen LogP contribution in [-0.4, -0.2) is 73.8 Å². The number of carbonyl (C=O) groups is 2. The van der Waals surface area contributed by atoms with Gasteiger partial charge in [0.15, 0.2) is 11.6 Å². The van der Waals surface area contributed by atoms with E-state index >= 15 is 0 Å². The number of alkyl halides is 3. The van der Waals surface area contributed by atoms with E-state index < -0.39 is 72.4 Å². The standard InChI is InChI=1S/C30H31F6N5O5/c1-16-24(14-45-29(43)40-15-30(34,35)36)39-10-21(46-16)13-44-27-22(33)11-38-12-23(27)41-28(42)26(37)25(17-2-6-19(31)7-3-17)18-4-8-20(32)9-5-18/h2-9,11-12,16,21,24-26,39H,10,13-15,37H2,1H3,(H,40,43)(H,41,42)/t16-,21+,24-,26+/m1/s1. The number of alkyl carbamates (subject to hydrolysis) is 1. The van der Waals surface area contributed by atoms with Crippen molar-refractivity contribution in [2.75, 3.05) is 31.6 Å². The number of hydrogen-bond donors (Lipinski definition) is 4. The van der Waals surface area contributed by atoms with Crippen LogP contribution in [0, 0.1) is 17.5 Å². The molecule has 0 saturated carbocycles. The molecular weight excluding hydrogens is 624 g/mol. The minimum atomic E-state index is -4.58. The summed E-state index contributed by atoms with van der Waals surface area (Å²) >= 11 is 0. The van der Waals surface area contributed by atoms with Crippen LogP contribution in [-0.2, 0) is 14.3 Å². The maximum absolute atomic E-state index is 14.8. The predicted molar refractivity (Wildman–Crippen MR) is 152 cm³/mol. The van der Waals surface area contributed by atoms with Crippen molar-refractivity contribution in [2.45, 2.75) is 43.3 Å². The fraction of sp³-hybridized carbons (Fsp3) is 0.367. The van der Waals surface area contributed by atoms with Crippen molar-refractivity contribution in [1.29, 1.82) is 0 Å². The number of aromatic nitrogens is 1. The van der Waals surface area contributed by atoms with E-state index in [0.717, 1.165) is 12.4 Å². The molecule has 4 atom stereocenters. The van der Waals surface area contributed by atoms with Crippen molar-refractivity contribution in [1.82, 2.24) is 15.6 Å². The van der Waals surface area contributed by atoms with Crippen LogP contribution in [0.4, 0.5) is 36.8 Å². The first-order chi connectivity index (χ1) is 21.8. The Morgan fingerprint density at radius 3 is 2.20 bits per heavy atom. The molecule has 4 rings (SSSR count). The van der Waals surface area contributed by atoms with Gasteiger partial charge in [0, 0.05) is 12.5 Å². The van der Waals surface area contributed by atoms with Crippen LogP contribution in [0.5, 0.6) is 5.75 Å². The maximum atomic E-state index is 14.8. The number of carbonyl (C=O) groups excluding carboxylic acids is 2. The largest absolute Gasteiger partial charge is 0.485 e. The summed E-state index contributed by atoms with van der Waals surface area (Å²) in [4.78, 5) is 28.7. The van der Waals surface area contributed by atoms with Gasteiger partial charge in [-0.1, -0.05) is 24.3 Å². The molecule has 1 saturated heterocycles. The van der Waals surface area contributed by atoms with E-state index in [9.17, 15) is 35.9 Å². The van der Waals surface area contributed by atoms with E-state index in [2.05, 4.69) is 15.6 Å². The third kappa shape index (κ3) is 9.55. The highest BCUT2D eigenvalue weighted by atomic mass is 19.4. The molecule has 248 valence electrons. The van der Waals surface area contributed by atoms with Crippen molar-refractivity contribution in [3.05, 3.63) is 89.5 Å². The molecule has 1 aromatic heterocycles. The normalized spacial score (nSPS) is 18.9. The molecule has 0 unspecified atom stereocenters. The van der Waals surface area contributed by atoms with E-state index in [-0.39, 0.29) is 31.2 Å². The second-order valence-corrected chi connectivity index (χ2v) is 10.4. The minimum Gasteiger partial charge on any atom is -0.485 e. The smallest absolute Gasteiger partial charge is 0.407 e. The van der Waals surface area contributed by atoms with Crippen LogP contribution < -0.4 is 26.4 Å². The molecule has 0 spiro atoms. The van der Waals surface area contributed by atoms with Crippen LogP contribution in [0.3, 0.4) is 0 Å². The van der Waals surface area contributed by atoms with Gasteiger partial charge in [-0.25, -0.2) is 18.0 Å². The monoisotopic (exact) mass is 655 g/mol. The molecule has 2 amide bonds. The van der Waals surface area contributed by atoms with E-state index in [1.165, 1.54) is 48.5 Å². The molecular formula is C30H31F6N5O5. The van der Waals surface area contributed by atoms with Gasteiger partial charge in [-0.15, -0.1) is 0 Å². The molecule has 0 radical (unpaired) electrons. The first kappa shape index (κ1) is 34.5. The van der Waals surface area contributed by atoms with Crippen molar-refractivity contribution < 1.29 is 50.1 Å². The van der Waals surface area contributed by atoms with Crippen molar-refractivity contribution in [2.24, 2.45) is 5.73 Å². The molecule has 1 aliphatic heterocycles. The summed E-state index contributed by atoms with van der Waals surface area (Å²) in [7, 11) is 0. The van der Waals surface area contributed by atoms with Crippen molar-refractivity contribution >= 4 is 17.7 Å². The van der Waals surface area contributed by atoms with Crippen molar-refractivity contribution in [3.8, 4) is 5.75 Å². The number of benzene rings is 2. The summed E-state index contributed by atoms with van der Waals surface area (Å²) in [6, 6.07) is 8.77. The number of nitrogens with two attached hydrogens (primary N) is 1. The van der Waals surface area contributed by atoms with Crippen LogP contribution >= 0.6 is 0 Å². The molecule has 16 heteroatoms. The van der Waals surface area contributed by atoms with Crippen LogP contribution in [0.2, 0.25) is 0 Å². The van der Waals surface area contributed by atoms with Crippen LogP contribution in [0.25, 0.3) is 0 Å². The number of rotatable bonds is 11.